The number of ether oxygens (including phenoxy) is 3. The van der Waals surface area contributed by atoms with Crippen molar-refractivity contribution >= 4 is 25.6 Å². The number of methoxy groups -OCH3 is 1. The van der Waals surface area contributed by atoms with E-state index in [1.165, 1.54) is 18.0 Å². The highest BCUT2D eigenvalue weighted by molar-refractivity contribution is 7.43. The third kappa shape index (κ3) is 4.25. The number of aliphatic hydroxyl groups is 1. The Hall–Kier alpha value is -1.70. The summed E-state index contributed by atoms with van der Waals surface area (Å²) in [6.07, 6.45) is -2.29. The van der Waals surface area contributed by atoms with Gasteiger partial charge in [-0.2, -0.15) is 4.98 Å². The molecule has 1 unspecified atom stereocenters. The lowest BCUT2D eigenvalue weighted by molar-refractivity contribution is -0.0779. The van der Waals surface area contributed by atoms with Crippen molar-refractivity contribution in [2.45, 2.75) is 24.5 Å². The van der Waals surface area contributed by atoms with Gasteiger partial charge >= 0.3 is 0 Å². The first-order valence-electron chi connectivity index (χ1n) is 7.95. The highest BCUT2D eigenvalue weighted by Gasteiger charge is 2.46. The van der Waals surface area contributed by atoms with Crippen molar-refractivity contribution in [2.75, 3.05) is 32.7 Å². The second kappa shape index (κ2) is 8.54. The lowest BCUT2D eigenvalue weighted by Gasteiger charge is -2.22. The summed E-state index contributed by atoms with van der Waals surface area (Å²) in [4.78, 5) is 31.6. The summed E-state index contributed by atoms with van der Waals surface area (Å²) in [6, 6.07) is 0. The first kappa shape index (κ1) is 20.0. The Morgan fingerprint density at radius 3 is 2.96 bits per heavy atom. The summed E-state index contributed by atoms with van der Waals surface area (Å²) in [5.41, 5.74) is 10.6. The van der Waals surface area contributed by atoms with Gasteiger partial charge in [0.25, 0.3) is 5.56 Å². The molecule has 13 nitrogen and oxygen atoms in total. The Bertz CT molecular complexity index is 829. The standard InChI is InChI=1S/C13H21N6O7P/c1-23-2-3-24-9-8(20)6(4-25-27(15)22)26-12(9)19-5-16-7-10(19)17-13(14)18-11(7)21/h5-6,8-9,12,20,22H,2-4,15H2,1H3,(H3,14,17,18,21)/t6-,8-,9-,12-,27?/m1/s1. The van der Waals surface area contributed by atoms with Gasteiger partial charge in [0.1, 0.15) is 18.3 Å². The maximum atomic E-state index is 12.0. The number of hydrogen-bond acceptors (Lipinski definition) is 11. The van der Waals surface area contributed by atoms with Crippen molar-refractivity contribution in [2.24, 2.45) is 5.50 Å². The summed E-state index contributed by atoms with van der Waals surface area (Å²) in [7, 11) is -0.585. The molecule has 1 saturated heterocycles. The Kier molecular flexibility index (Phi) is 6.34. The van der Waals surface area contributed by atoms with E-state index in [1.807, 2.05) is 0 Å². The number of imidazole rings is 1. The first-order chi connectivity index (χ1) is 12.9. The maximum absolute atomic E-state index is 12.0. The predicted molar refractivity (Wildman–Crippen MR) is 93.4 cm³/mol. The van der Waals surface area contributed by atoms with Crippen molar-refractivity contribution in [3.63, 3.8) is 0 Å². The van der Waals surface area contributed by atoms with E-state index in [0.717, 1.165) is 0 Å². The number of nitrogens with two attached hydrogens (primary N) is 2. The summed E-state index contributed by atoms with van der Waals surface area (Å²) in [5.74, 6) is -0.0846. The van der Waals surface area contributed by atoms with Crippen LogP contribution >= 0.6 is 8.53 Å². The number of anilines is 1. The number of aliphatic hydroxyl groups excluding tert-OH is 1. The molecule has 0 radical (unpaired) electrons. The molecule has 27 heavy (non-hydrogen) atoms. The highest BCUT2D eigenvalue weighted by Crippen LogP contribution is 2.35. The third-order valence-corrected chi connectivity index (χ3v) is 4.42. The number of nitrogens with zero attached hydrogens (tertiary/aromatic N) is 3. The fourth-order valence-corrected chi connectivity index (χ4v) is 3.11. The minimum Gasteiger partial charge on any atom is -0.387 e. The molecule has 0 amide bonds. The van der Waals surface area contributed by atoms with E-state index in [4.69, 9.17) is 34.9 Å². The molecule has 0 aromatic carbocycles. The number of aromatic amines is 1. The second-order valence-corrected chi connectivity index (χ2v) is 6.62. The van der Waals surface area contributed by atoms with Crippen LogP contribution in [0.1, 0.15) is 6.23 Å². The average Bonchev–Trinajstić information content (AvgIpc) is 3.15. The number of rotatable bonds is 8. The van der Waals surface area contributed by atoms with Crippen molar-refractivity contribution in [1.29, 1.82) is 0 Å². The number of fused-ring (bicyclic) bond motifs is 1. The second-order valence-electron chi connectivity index (χ2n) is 5.76. The van der Waals surface area contributed by atoms with Crippen molar-refractivity contribution in [3.05, 3.63) is 16.7 Å². The van der Waals surface area contributed by atoms with E-state index < -0.39 is 38.6 Å². The van der Waals surface area contributed by atoms with Crippen LogP contribution in [0, 0.1) is 0 Å². The first-order valence-corrected chi connectivity index (χ1v) is 9.23. The molecule has 150 valence electrons. The van der Waals surface area contributed by atoms with Gasteiger partial charge in [-0.25, -0.2) is 4.98 Å². The van der Waals surface area contributed by atoms with Crippen LogP contribution in [-0.4, -0.2) is 74.8 Å². The van der Waals surface area contributed by atoms with Crippen LogP contribution in [0.15, 0.2) is 11.1 Å². The minimum atomic E-state index is -2.11. The predicted octanol–water partition coefficient (Wildman–Crippen LogP) is -1.81. The number of hydrogen-bond donors (Lipinski definition) is 5. The lowest BCUT2D eigenvalue weighted by Crippen LogP contribution is -2.36. The van der Waals surface area contributed by atoms with Crippen molar-refractivity contribution < 1.29 is 28.7 Å². The lowest BCUT2D eigenvalue weighted by atomic mass is 10.1. The molecule has 1 aliphatic heterocycles. The third-order valence-electron chi connectivity index (χ3n) is 4.01. The maximum Gasteiger partial charge on any atom is 0.280 e. The van der Waals surface area contributed by atoms with E-state index in [-0.39, 0.29) is 30.3 Å². The molecular weight excluding hydrogens is 383 g/mol. The zero-order valence-corrected chi connectivity index (χ0v) is 15.3. The summed E-state index contributed by atoms with van der Waals surface area (Å²) >= 11 is 0. The normalized spacial score (nSPS) is 26.7. The Morgan fingerprint density at radius 2 is 2.26 bits per heavy atom. The van der Waals surface area contributed by atoms with E-state index in [2.05, 4.69) is 15.0 Å². The number of aromatic nitrogens is 4. The van der Waals surface area contributed by atoms with Gasteiger partial charge in [-0.05, 0) is 0 Å². The molecule has 5 atom stereocenters. The highest BCUT2D eigenvalue weighted by atomic mass is 31.2. The SMILES string of the molecule is COCCO[C@@H]1[C@H](O)[C@@H](COP(N)O)O[C@H]1n1cnc2c(=O)[nH]c(N)nc21. The summed E-state index contributed by atoms with van der Waals surface area (Å²) < 4.78 is 22.9. The molecule has 1 aliphatic rings. The quantitative estimate of drug-likeness (QED) is 0.246. The van der Waals surface area contributed by atoms with Gasteiger partial charge in [-0.15, -0.1) is 0 Å². The number of H-pyrrole nitrogens is 1. The molecule has 0 bridgehead atoms. The topological polar surface area (TPSA) is 193 Å². The van der Waals surface area contributed by atoms with Gasteiger partial charge in [-0.3, -0.25) is 19.8 Å². The fraction of sp³-hybridized carbons (Fsp3) is 0.615. The smallest absolute Gasteiger partial charge is 0.280 e. The molecule has 0 spiro atoms. The van der Waals surface area contributed by atoms with Crippen LogP contribution in [0.2, 0.25) is 0 Å². The molecule has 3 heterocycles. The molecule has 7 N–H and O–H groups in total. The largest absolute Gasteiger partial charge is 0.387 e. The van der Waals surface area contributed by atoms with Crippen LogP contribution in [-0.2, 0) is 18.7 Å². The fourth-order valence-electron chi connectivity index (χ4n) is 2.81. The Labute approximate surface area is 154 Å². The van der Waals surface area contributed by atoms with E-state index in [0.29, 0.717) is 6.61 Å². The van der Waals surface area contributed by atoms with Crippen LogP contribution in [0.4, 0.5) is 5.95 Å². The van der Waals surface area contributed by atoms with E-state index in [9.17, 15) is 9.90 Å². The Balaban J connectivity index is 1.91. The van der Waals surface area contributed by atoms with Crippen LogP contribution in [0.25, 0.3) is 11.2 Å². The number of nitrogen functional groups attached to an aromatic ring is 1. The molecule has 14 heteroatoms. The van der Waals surface area contributed by atoms with Gasteiger partial charge in [0.05, 0.1) is 26.1 Å². The molecule has 1 fully saturated rings. The average molecular weight is 404 g/mol. The zero-order chi connectivity index (χ0) is 19.6. The summed E-state index contributed by atoms with van der Waals surface area (Å²) in [5, 5.41) is 10.6. The van der Waals surface area contributed by atoms with Gasteiger partial charge in [0.2, 0.25) is 14.5 Å². The van der Waals surface area contributed by atoms with E-state index in [1.54, 1.807) is 0 Å². The zero-order valence-electron chi connectivity index (χ0n) is 14.4. The number of nitrogens with one attached hydrogen (secondary N) is 1. The minimum absolute atomic E-state index is 0.0680. The van der Waals surface area contributed by atoms with Crippen LogP contribution < -0.4 is 16.8 Å². The van der Waals surface area contributed by atoms with Crippen molar-refractivity contribution in [1.82, 2.24) is 19.5 Å². The molecular formula is C13H21N6O7P. The van der Waals surface area contributed by atoms with Crippen LogP contribution in [0.5, 0.6) is 0 Å². The molecule has 0 aliphatic carbocycles. The van der Waals surface area contributed by atoms with E-state index >= 15 is 0 Å². The molecule has 2 aromatic rings. The van der Waals surface area contributed by atoms with Gasteiger partial charge < -0.3 is 34.5 Å². The van der Waals surface area contributed by atoms with Gasteiger partial charge in [0, 0.05) is 7.11 Å². The van der Waals surface area contributed by atoms with Crippen LogP contribution in [0.3, 0.4) is 0 Å². The monoisotopic (exact) mass is 404 g/mol. The summed E-state index contributed by atoms with van der Waals surface area (Å²) in [6.45, 7) is 0.346. The van der Waals surface area contributed by atoms with Crippen molar-refractivity contribution in [3.8, 4) is 0 Å². The molecule has 2 aromatic heterocycles. The molecule has 0 saturated carbocycles. The molecule has 3 rings (SSSR count). The van der Waals surface area contributed by atoms with Gasteiger partial charge in [-0.1, -0.05) is 0 Å². The Morgan fingerprint density at radius 1 is 1.48 bits per heavy atom. The van der Waals surface area contributed by atoms with Gasteiger partial charge in [0.15, 0.2) is 17.4 Å².